The minimum absolute atomic E-state index is 0.0355. The molecule has 0 bridgehead atoms. The molecule has 0 unspecified atom stereocenters. The Balaban J connectivity index is 1.79. The minimum Gasteiger partial charge on any atom is -0.497 e. The highest BCUT2D eigenvalue weighted by Gasteiger charge is 2.16. The molecule has 2 heterocycles. The molecule has 2 aromatic carbocycles. The molecular weight excluding hydrogens is 372 g/mol. The van der Waals surface area contributed by atoms with Crippen LogP contribution in [0.25, 0.3) is 22.3 Å². The smallest absolute Gasteiger partial charge is 0.332 e. The van der Waals surface area contributed by atoms with E-state index >= 15 is 0 Å². The number of hydrogen-bond donors (Lipinski definition) is 0. The Morgan fingerprint density at radius 2 is 1.97 bits per heavy atom. The zero-order chi connectivity index (χ0) is 20.4. The molecule has 0 aliphatic rings. The standard InChI is InChI=1S/C21H18N4O4/c1-3-11-24-20(26)16-9-4-5-10-17(16)25(21(24)27)13-18-22-19(23-29-18)14-7-6-8-15(12-14)28-2/h3-10,12H,1,11,13H2,2H3. The molecule has 0 N–H and O–H groups in total. The second kappa shape index (κ2) is 7.59. The van der Waals surface area contributed by atoms with Crippen LogP contribution in [0.1, 0.15) is 5.89 Å². The van der Waals surface area contributed by atoms with E-state index in [9.17, 15) is 9.59 Å². The third kappa shape index (κ3) is 3.36. The topological polar surface area (TPSA) is 92.2 Å². The molecule has 29 heavy (non-hydrogen) atoms. The van der Waals surface area contributed by atoms with Crippen LogP contribution in [0.2, 0.25) is 0 Å². The van der Waals surface area contributed by atoms with E-state index in [1.54, 1.807) is 37.4 Å². The lowest BCUT2D eigenvalue weighted by molar-refractivity contribution is 0.369. The number of ether oxygens (including phenoxy) is 1. The van der Waals surface area contributed by atoms with Gasteiger partial charge in [0, 0.05) is 12.1 Å². The van der Waals surface area contributed by atoms with Crippen molar-refractivity contribution in [1.82, 2.24) is 19.3 Å². The van der Waals surface area contributed by atoms with E-state index in [1.807, 2.05) is 18.2 Å². The first kappa shape index (κ1) is 18.4. The maximum absolute atomic E-state index is 12.9. The number of para-hydroxylation sites is 1. The van der Waals surface area contributed by atoms with Crippen molar-refractivity contribution < 1.29 is 9.26 Å². The van der Waals surface area contributed by atoms with Gasteiger partial charge >= 0.3 is 5.69 Å². The number of benzene rings is 2. The highest BCUT2D eigenvalue weighted by atomic mass is 16.5. The summed E-state index contributed by atoms with van der Waals surface area (Å²) in [7, 11) is 1.58. The second-order valence-corrected chi connectivity index (χ2v) is 6.33. The van der Waals surface area contributed by atoms with Gasteiger partial charge in [-0.2, -0.15) is 4.98 Å². The second-order valence-electron chi connectivity index (χ2n) is 6.33. The highest BCUT2D eigenvalue weighted by molar-refractivity contribution is 5.77. The van der Waals surface area contributed by atoms with Crippen LogP contribution in [-0.2, 0) is 13.1 Å². The van der Waals surface area contributed by atoms with Crippen LogP contribution in [0, 0.1) is 0 Å². The van der Waals surface area contributed by atoms with Crippen LogP contribution in [0.3, 0.4) is 0 Å². The lowest BCUT2D eigenvalue weighted by Gasteiger charge is -2.11. The lowest BCUT2D eigenvalue weighted by Crippen LogP contribution is -2.40. The molecule has 0 saturated heterocycles. The van der Waals surface area contributed by atoms with Gasteiger partial charge in [-0.15, -0.1) is 6.58 Å². The molecule has 2 aromatic heterocycles. The zero-order valence-electron chi connectivity index (χ0n) is 15.7. The Hall–Kier alpha value is -3.94. The van der Waals surface area contributed by atoms with E-state index in [4.69, 9.17) is 9.26 Å². The molecule has 0 aliphatic heterocycles. The highest BCUT2D eigenvalue weighted by Crippen LogP contribution is 2.21. The molecular formula is C21H18N4O4. The minimum atomic E-state index is -0.463. The quantitative estimate of drug-likeness (QED) is 0.470. The number of hydrogen-bond acceptors (Lipinski definition) is 6. The summed E-state index contributed by atoms with van der Waals surface area (Å²) in [6.07, 6.45) is 1.51. The number of fused-ring (bicyclic) bond motifs is 1. The summed E-state index contributed by atoms with van der Waals surface area (Å²) in [4.78, 5) is 30.0. The molecule has 0 atom stereocenters. The fraction of sp³-hybridized carbons (Fsp3) is 0.143. The lowest BCUT2D eigenvalue weighted by atomic mass is 10.2. The summed E-state index contributed by atoms with van der Waals surface area (Å²) >= 11 is 0. The predicted molar refractivity (Wildman–Crippen MR) is 108 cm³/mol. The number of rotatable bonds is 6. The molecule has 8 heteroatoms. The Morgan fingerprint density at radius 3 is 2.76 bits per heavy atom. The number of aromatic nitrogens is 4. The van der Waals surface area contributed by atoms with Crippen LogP contribution in [0.5, 0.6) is 5.75 Å². The predicted octanol–water partition coefficient (Wildman–Crippen LogP) is 2.46. The third-order valence-electron chi connectivity index (χ3n) is 4.53. The first-order chi connectivity index (χ1) is 14.1. The molecule has 0 saturated carbocycles. The van der Waals surface area contributed by atoms with Crippen LogP contribution in [0.15, 0.2) is 75.3 Å². The SMILES string of the molecule is C=CCn1c(=O)c2ccccc2n(Cc2nc(-c3cccc(OC)c3)no2)c1=O. The van der Waals surface area contributed by atoms with Crippen LogP contribution < -0.4 is 16.0 Å². The van der Waals surface area contributed by atoms with Gasteiger partial charge in [-0.25, -0.2) is 4.79 Å². The summed E-state index contributed by atoms with van der Waals surface area (Å²) in [5.41, 5.74) is 0.413. The van der Waals surface area contributed by atoms with Gasteiger partial charge in [0.05, 0.1) is 18.0 Å². The van der Waals surface area contributed by atoms with Crippen molar-refractivity contribution in [1.29, 1.82) is 0 Å². The molecule has 0 spiro atoms. The first-order valence-corrected chi connectivity index (χ1v) is 8.92. The summed E-state index contributed by atoms with van der Waals surface area (Å²) in [5.74, 6) is 1.31. The van der Waals surface area contributed by atoms with Gasteiger partial charge in [0.15, 0.2) is 0 Å². The number of nitrogens with zero attached hydrogens (tertiary/aromatic N) is 4. The molecule has 0 fully saturated rings. The van der Waals surface area contributed by atoms with Crippen molar-refractivity contribution in [2.45, 2.75) is 13.1 Å². The van der Waals surface area contributed by atoms with Gasteiger partial charge in [0.1, 0.15) is 12.3 Å². The van der Waals surface area contributed by atoms with Gasteiger partial charge in [0.25, 0.3) is 5.56 Å². The van der Waals surface area contributed by atoms with Gasteiger partial charge in [-0.05, 0) is 24.3 Å². The largest absolute Gasteiger partial charge is 0.497 e. The van der Waals surface area contributed by atoms with Crippen LogP contribution in [-0.4, -0.2) is 26.4 Å². The first-order valence-electron chi connectivity index (χ1n) is 8.92. The van der Waals surface area contributed by atoms with Crippen LogP contribution >= 0.6 is 0 Å². The van der Waals surface area contributed by atoms with Crippen molar-refractivity contribution in [3.8, 4) is 17.1 Å². The van der Waals surface area contributed by atoms with Gasteiger partial charge < -0.3 is 9.26 Å². The Labute approximate surface area is 165 Å². The Morgan fingerprint density at radius 1 is 1.14 bits per heavy atom. The van der Waals surface area contributed by atoms with Crippen molar-refractivity contribution in [3.63, 3.8) is 0 Å². The summed E-state index contributed by atoms with van der Waals surface area (Å²) in [6, 6.07) is 14.2. The number of methoxy groups -OCH3 is 1. The van der Waals surface area contributed by atoms with Crippen molar-refractivity contribution in [2.75, 3.05) is 7.11 Å². The zero-order valence-corrected chi connectivity index (χ0v) is 15.7. The normalized spacial score (nSPS) is 10.9. The fourth-order valence-corrected chi connectivity index (χ4v) is 3.15. The average Bonchev–Trinajstić information content (AvgIpc) is 3.23. The average molecular weight is 390 g/mol. The maximum Gasteiger partial charge on any atom is 0.332 e. The molecule has 0 radical (unpaired) electrons. The molecule has 4 aromatic rings. The fourth-order valence-electron chi connectivity index (χ4n) is 3.15. The maximum atomic E-state index is 12.9. The van der Waals surface area contributed by atoms with E-state index in [0.29, 0.717) is 22.5 Å². The molecule has 8 nitrogen and oxygen atoms in total. The van der Waals surface area contributed by atoms with Crippen molar-refractivity contribution in [2.24, 2.45) is 0 Å². The van der Waals surface area contributed by atoms with E-state index in [0.717, 1.165) is 10.1 Å². The third-order valence-corrected chi connectivity index (χ3v) is 4.53. The van der Waals surface area contributed by atoms with E-state index in [1.165, 1.54) is 10.6 Å². The summed E-state index contributed by atoms with van der Waals surface area (Å²) < 4.78 is 13.2. The van der Waals surface area contributed by atoms with E-state index < -0.39 is 5.69 Å². The summed E-state index contributed by atoms with van der Waals surface area (Å²) in [5, 5.41) is 4.43. The number of allylic oxidation sites excluding steroid dienone is 1. The summed E-state index contributed by atoms with van der Waals surface area (Å²) in [6.45, 7) is 3.77. The van der Waals surface area contributed by atoms with Crippen molar-refractivity contribution in [3.05, 3.63) is 87.9 Å². The van der Waals surface area contributed by atoms with Gasteiger partial charge in [-0.1, -0.05) is 35.5 Å². The monoisotopic (exact) mass is 390 g/mol. The van der Waals surface area contributed by atoms with Gasteiger partial charge in [-0.3, -0.25) is 13.9 Å². The Bertz CT molecular complexity index is 1320. The molecule has 0 amide bonds. The molecule has 0 aliphatic carbocycles. The molecule has 146 valence electrons. The van der Waals surface area contributed by atoms with Gasteiger partial charge in [0.2, 0.25) is 11.7 Å². The van der Waals surface area contributed by atoms with E-state index in [2.05, 4.69) is 16.7 Å². The van der Waals surface area contributed by atoms with Crippen LogP contribution in [0.4, 0.5) is 0 Å². The Kier molecular flexibility index (Phi) is 4.82. The molecule has 4 rings (SSSR count). The van der Waals surface area contributed by atoms with E-state index in [-0.39, 0.29) is 24.5 Å². The van der Waals surface area contributed by atoms with Crippen molar-refractivity contribution >= 4 is 10.9 Å².